The Morgan fingerprint density at radius 3 is 2.52 bits per heavy atom. The SMILES string of the molecule is Cc1c(S(=O)(=O)N2CCC[C@H]3CCCC[C@H]32)c(N)nn1C. The van der Waals surface area contributed by atoms with Crippen LogP contribution in [-0.2, 0) is 17.1 Å². The van der Waals surface area contributed by atoms with Crippen molar-refractivity contribution < 1.29 is 8.42 Å². The third-order valence-corrected chi connectivity index (χ3v) is 7.15. The number of aromatic nitrogens is 2. The molecule has 2 N–H and O–H groups in total. The fourth-order valence-corrected chi connectivity index (χ4v) is 5.98. The van der Waals surface area contributed by atoms with Crippen molar-refractivity contribution >= 4 is 15.8 Å². The molecule has 2 atom stereocenters. The van der Waals surface area contributed by atoms with Crippen LogP contribution in [0.15, 0.2) is 4.90 Å². The van der Waals surface area contributed by atoms with Gasteiger partial charge in [0.05, 0.1) is 5.69 Å². The Hall–Kier alpha value is -1.08. The monoisotopic (exact) mass is 312 g/mol. The largest absolute Gasteiger partial charge is 0.381 e. The number of nitrogen functional groups attached to an aromatic ring is 1. The molecule has 118 valence electrons. The van der Waals surface area contributed by atoms with Crippen LogP contribution in [0.3, 0.4) is 0 Å². The molecule has 7 heteroatoms. The van der Waals surface area contributed by atoms with E-state index in [1.807, 2.05) is 0 Å². The number of rotatable bonds is 2. The summed E-state index contributed by atoms with van der Waals surface area (Å²) in [4.78, 5) is 0.205. The molecule has 1 aliphatic heterocycles. The zero-order valence-electron chi connectivity index (χ0n) is 12.7. The van der Waals surface area contributed by atoms with E-state index in [-0.39, 0.29) is 16.8 Å². The number of nitrogens with zero attached hydrogens (tertiary/aromatic N) is 3. The van der Waals surface area contributed by atoms with Crippen molar-refractivity contribution in [1.82, 2.24) is 14.1 Å². The smallest absolute Gasteiger partial charge is 0.248 e. The molecule has 2 fully saturated rings. The minimum absolute atomic E-state index is 0.118. The summed E-state index contributed by atoms with van der Waals surface area (Å²) in [7, 11) is -1.82. The molecule has 0 radical (unpaired) electrons. The molecule has 1 saturated carbocycles. The van der Waals surface area contributed by atoms with Crippen LogP contribution in [0.5, 0.6) is 0 Å². The second-order valence-electron chi connectivity index (χ2n) is 6.29. The molecule has 0 aromatic carbocycles. The van der Waals surface area contributed by atoms with Crippen LogP contribution in [-0.4, -0.2) is 35.1 Å². The molecule has 1 aliphatic carbocycles. The third-order valence-electron chi connectivity index (χ3n) is 5.06. The molecule has 0 unspecified atom stereocenters. The molecule has 21 heavy (non-hydrogen) atoms. The van der Waals surface area contributed by atoms with E-state index in [1.54, 1.807) is 23.0 Å². The number of sulfonamides is 1. The maximum absolute atomic E-state index is 13.1. The first kappa shape index (κ1) is 14.8. The minimum atomic E-state index is -3.55. The number of hydrogen-bond acceptors (Lipinski definition) is 4. The summed E-state index contributed by atoms with van der Waals surface area (Å²) in [6.45, 7) is 2.37. The number of fused-ring (bicyclic) bond motifs is 1. The predicted molar refractivity (Wildman–Crippen MR) is 81.2 cm³/mol. The first-order chi connectivity index (χ1) is 9.93. The molecule has 6 nitrogen and oxygen atoms in total. The van der Waals surface area contributed by atoms with Crippen molar-refractivity contribution in [2.75, 3.05) is 12.3 Å². The quantitative estimate of drug-likeness (QED) is 0.900. The van der Waals surface area contributed by atoms with Crippen molar-refractivity contribution in [3.05, 3.63) is 5.69 Å². The van der Waals surface area contributed by atoms with Crippen LogP contribution in [0.1, 0.15) is 44.2 Å². The molecule has 1 aromatic rings. The maximum Gasteiger partial charge on any atom is 0.248 e. The Morgan fingerprint density at radius 1 is 1.19 bits per heavy atom. The lowest BCUT2D eigenvalue weighted by molar-refractivity contribution is 0.129. The summed E-state index contributed by atoms with van der Waals surface area (Å²) in [6.07, 6.45) is 6.57. The molecular formula is C14H24N4O2S. The highest BCUT2D eigenvalue weighted by atomic mass is 32.2. The summed E-state index contributed by atoms with van der Waals surface area (Å²) < 4.78 is 29.4. The van der Waals surface area contributed by atoms with Gasteiger partial charge in [0.25, 0.3) is 0 Å². The Bertz CT molecular complexity index is 636. The van der Waals surface area contributed by atoms with Gasteiger partial charge in [-0.25, -0.2) is 8.42 Å². The summed E-state index contributed by atoms with van der Waals surface area (Å²) >= 11 is 0. The zero-order valence-corrected chi connectivity index (χ0v) is 13.6. The summed E-state index contributed by atoms with van der Waals surface area (Å²) in [5, 5.41) is 4.06. The number of anilines is 1. The van der Waals surface area contributed by atoms with Gasteiger partial charge in [-0.15, -0.1) is 0 Å². The summed E-state index contributed by atoms with van der Waals surface area (Å²) in [6, 6.07) is 0.150. The van der Waals surface area contributed by atoms with E-state index >= 15 is 0 Å². The van der Waals surface area contributed by atoms with Crippen LogP contribution >= 0.6 is 0 Å². The van der Waals surface area contributed by atoms with Crippen LogP contribution in [0.2, 0.25) is 0 Å². The van der Waals surface area contributed by atoms with Crippen molar-refractivity contribution in [2.24, 2.45) is 13.0 Å². The van der Waals surface area contributed by atoms with Gasteiger partial charge in [-0.1, -0.05) is 12.8 Å². The van der Waals surface area contributed by atoms with E-state index in [1.165, 1.54) is 6.42 Å². The highest BCUT2D eigenvalue weighted by Crippen LogP contribution is 2.39. The van der Waals surface area contributed by atoms with E-state index < -0.39 is 10.0 Å². The van der Waals surface area contributed by atoms with E-state index in [0.717, 1.165) is 32.1 Å². The van der Waals surface area contributed by atoms with Gasteiger partial charge in [-0.3, -0.25) is 4.68 Å². The molecule has 1 saturated heterocycles. The van der Waals surface area contributed by atoms with Crippen LogP contribution < -0.4 is 5.73 Å². The summed E-state index contributed by atoms with van der Waals surface area (Å²) in [5.41, 5.74) is 6.48. The standard InChI is InChI=1S/C14H24N4O2S/c1-10-13(14(15)16-17(10)2)21(19,20)18-9-5-7-11-6-3-4-8-12(11)18/h11-12H,3-9H2,1-2H3,(H2,15,16)/t11-,12-/m1/s1. The van der Waals surface area contributed by atoms with E-state index in [9.17, 15) is 8.42 Å². The van der Waals surface area contributed by atoms with E-state index in [0.29, 0.717) is 18.2 Å². The molecule has 0 bridgehead atoms. The fourth-order valence-electron chi connectivity index (χ4n) is 3.93. The van der Waals surface area contributed by atoms with Gasteiger partial charge in [0, 0.05) is 19.6 Å². The maximum atomic E-state index is 13.1. The molecule has 0 spiro atoms. The zero-order chi connectivity index (χ0) is 15.2. The number of piperidine rings is 1. The fraction of sp³-hybridized carbons (Fsp3) is 0.786. The van der Waals surface area contributed by atoms with Gasteiger partial charge < -0.3 is 5.73 Å². The van der Waals surface area contributed by atoms with Crippen LogP contribution in [0.25, 0.3) is 0 Å². The van der Waals surface area contributed by atoms with Crippen molar-refractivity contribution in [3.63, 3.8) is 0 Å². The second-order valence-corrected chi connectivity index (χ2v) is 8.12. The van der Waals surface area contributed by atoms with Gasteiger partial charge >= 0.3 is 0 Å². The summed E-state index contributed by atoms with van der Waals surface area (Å²) in [5.74, 6) is 0.633. The van der Waals surface area contributed by atoms with Gasteiger partial charge in [0.15, 0.2) is 5.82 Å². The van der Waals surface area contributed by atoms with Crippen LogP contribution in [0, 0.1) is 12.8 Å². The van der Waals surface area contributed by atoms with Crippen molar-refractivity contribution in [2.45, 2.75) is 56.4 Å². The number of aryl methyl sites for hydroxylation is 1. The topological polar surface area (TPSA) is 81.2 Å². The van der Waals surface area contributed by atoms with E-state index in [4.69, 9.17) is 5.73 Å². The normalized spacial score (nSPS) is 27.5. The van der Waals surface area contributed by atoms with Crippen molar-refractivity contribution in [3.8, 4) is 0 Å². The molecule has 2 aliphatic rings. The third kappa shape index (κ3) is 2.36. The lowest BCUT2D eigenvalue weighted by atomic mass is 9.79. The van der Waals surface area contributed by atoms with Gasteiger partial charge in [-0.2, -0.15) is 9.40 Å². The van der Waals surface area contributed by atoms with Gasteiger partial charge in [-0.05, 0) is 38.5 Å². The minimum Gasteiger partial charge on any atom is -0.381 e. The molecule has 0 amide bonds. The lowest BCUT2D eigenvalue weighted by Gasteiger charge is -2.43. The average molecular weight is 312 g/mol. The molecule has 3 rings (SSSR count). The number of nitrogens with two attached hydrogens (primary N) is 1. The Kier molecular flexibility index (Phi) is 3.73. The van der Waals surface area contributed by atoms with E-state index in [2.05, 4.69) is 5.10 Å². The average Bonchev–Trinajstić information content (AvgIpc) is 2.71. The Balaban J connectivity index is 2.00. The molecule has 2 heterocycles. The first-order valence-corrected chi connectivity index (χ1v) is 9.18. The molecular weight excluding hydrogens is 288 g/mol. The molecule has 1 aromatic heterocycles. The lowest BCUT2D eigenvalue weighted by Crippen LogP contribution is -2.49. The predicted octanol–water partition coefficient (Wildman–Crippen LogP) is 1.65. The van der Waals surface area contributed by atoms with Gasteiger partial charge in [0.1, 0.15) is 4.90 Å². The number of hydrogen-bond donors (Lipinski definition) is 1. The second kappa shape index (κ2) is 5.28. The van der Waals surface area contributed by atoms with Crippen molar-refractivity contribution in [1.29, 1.82) is 0 Å². The Labute approximate surface area is 126 Å². The Morgan fingerprint density at radius 2 is 1.86 bits per heavy atom. The first-order valence-electron chi connectivity index (χ1n) is 7.74. The van der Waals surface area contributed by atoms with Crippen LogP contribution in [0.4, 0.5) is 5.82 Å². The van der Waals surface area contributed by atoms with Gasteiger partial charge in [0.2, 0.25) is 10.0 Å². The highest BCUT2D eigenvalue weighted by Gasteiger charge is 2.41. The highest BCUT2D eigenvalue weighted by molar-refractivity contribution is 7.89.